The Hall–Kier alpha value is -0.480. The highest BCUT2D eigenvalue weighted by atomic mass is 79.9. The van der Waals surface area contributed by atoms with Gasteiger partial charge in [0, 0.05) is 16.1 Å². The third-order valence-corrected chi connectivity index (χ3v) is 3.40. The molecule has 0 fully saturated rings. The zero-order chi connectivity index (χ0) is 13.5. The van der Waals surface area contributed by atoms with Crippen LogP contribution < -0.4 is 5.32 Å². The van der Waals surface area contributed by atoms with Crippen molar-refractivity contribution in [1.82, 2.24) is 5.32 Å². The molecule has 4 heteroatoms. The number of hydrogen-bond acceptors (Lipinski definition) is 1. The maximum Gasteiger partial charge on any atom is 0.132 e. The Kier molecular flexibility index (Phi) is 6.79. The Morgan fingerprint density at radius 2 is 1.78 bits per heavy atom. The van der Waals surface area contributed by atoms with Crippen LogP contribution in [-0.2, 0) is 0 Å². The van der Waals surface area contributed by atoms with E-state index in [9.17, 15) is 8.78 Å². The number of rotatable bonds is 7. The fourth-order valence-corrected chi connectivity index (χ4v) is 2.48. The monoisotopic (exact) mass is 319 g/mol. The first-order valence-corrected chi connectivity index (χ1v) is 7.27. The molecule has 102 valence electrons. The minimum atomic E-state index is -0.482. The first-order chi connectivity index (χ1) is 8.60. The highest BCUT2D eigenvalue weighted by Gasteiger charge is 2.19. The van der Waals surface area contributed by atoms with E-state index in [0.29, 0.717) is 11.0 Å². The molecule has 0 spiro atoms. The number of unbranched alkanes of at least 4 members (excludes halogenated alkanes) is 2. The molecule has 0 saturated heterocycles. The van der Waals surface area contributed by atoms with Gasteiger partial charge in [-0.2, -0.15) is 0 Å². The van der Waals surface area contributed by atoms with Gasteiger partial charge < -0.3 is 5.32 Å². The second-order valence-corrected chi connectivity index (χ2v) is 5.30. The van der Waals surface area contributed by atoms with E-state index in [4.69, 9.17) is 0 Å². The van der Waals surface area contributed by atoms with Crippen LogP contribution in [0, 0.1) is 11.6 Å². The Balaban J connectivity index is 2.90. The van der Waals surface area contributed by atoms with Crippen LogP contribution in [0.4, 0.5) is 8.78 Å². The van der Waals surface area contributed by atoms with Gasteiger partial charge in [0.1, 0.15) is 11.6 Å². The molecule has 1 aromatic carbocycles. The van der Waals surface area contributed by atoms with E-state index in [2.05, 4.69) is 28.2 Å². The molecule has 1 N–H and O–H groups in total. The number of benzene rings is 1. The van der Waals surface area contributed by atoms with Gasteiger partial charge in [0.2, 0.25) is 0 Å². The lowest BCUT2D eigenvalue weighted by molar-refractivity contribution is 0.439. The van der Waals surface area contributed by atoms with Gasteiger partial charge in [0.15, 0.2) is 0 Å². The maximum absolute atomic E-state index is 13.9. The van der Waals surface area contributed by atoms with Crippen molar-refractivity contribution in [3.05, 3.63) is 33.8 Å². The number of halogens is 3. The Morgan fingerprint density at radius 3 is 2.28 bits per heavy atom. The van der Waals surface area contributed by atoms with E-state index >= 15 is 0 Å². The summed E-state index contributed by atoms with van der Waals surface area (Å²) in [7, 11) is 0. The highest BCUT2D eigenvalue weighted by Crippen LogP contribution is 2.28. The van der Waals surface area contributed by atoms with Gasteiger partial charge in [-0.3, -0.25) is 0 Å². The molecule has 0 radical (unpaired) electrons. The average molecular weight is 320 g/mol. The summed E-state index contributed by atoms with van der Waals surface area (Å²) in [5.74, 6) is -0.964. The summed E-state index contributed by atoms with van der Waals surface area (Å²) in [6.45, 7) is 4.76. The van der Waals surface area contributed by atoms with E-state index in [-0.39, 0.29) is 11.6 Å². The number of hydrogen-bond donors (Lipinski definition) is 1. The van der Waals surface area contributed by atoms with Gasteiger partial charge in [-0.1, -0.05) is 49.0 Å². The molecule has 1 unspecified atom stereocenters. The SMILES string of the molecule is CCCCCC(NCC)c1c(F)cc(Br)cc1F. The van der Waals surface area contributed by atoms with Crippen molar-refractivity contribution in [2.75, 3.05) is 6.54 Å². The molecule has 0 aromatic heterocycles. The van der Waals surface area contributed by atoms with E-state index in [0.717, 1.165) is 25.7 Å². The largest absolute Gasteiger partial charge is 0.310 e. The van der Waals surface area contributed by atoms with E-state index in [1.54, 1.807) is 0 Å². The standard InChI is InChI=1S/C14H20BrF2N/c1-3-5-6-7-13(18-4-2)14-11(16)8-10(15)9-12(14)17/h8-9,13,18H,3-7H2,1-2H3. The zero-order valence-electron chi connectivity index (χ0n) is 10.9. The molecular formula is C14H20BrF2N. The summed E-state index contributed by atoms with van der Waals surface area (Å²) in [4.78, 5) is 0. The van der Waals surface area contributed by atoms with Gasteiger partial charge in [0.25, 0.3) is 0 Å². The fraction of sp³-hybridized carbons (Fsp3) is 0.571. The van der Waals surface area contributed by atoms with E-state index in [1.807, 2.05) is 6.92 Å². The third-order valence-electron chi connectivity index (χ3n) is 2.94. The van der Waals surface area contributed by atoms with Crippen molar-refractivity contribution in [3.63, 3.8) is 0 Å². The average Bonchev–Trinajstić information content (AvgIpc) is 2.28. The normalized spacial score (nSPS) is 12.7. The predicted octanol–water partition coefficient (Wildman–Crippen LogP) is 4.96. The number of nitrogens with one attached hydrogen (secondary N) is 1. The molecule has 0 amide bonds. The summed E-state index contributed by atoms with van der Waals surface area (Å²) < 4.78 is 28.2. The summed E-state index contributed by atoms with van der Waals surface area (Å²) in [5.41, 5.74) is 0.163. The first-order valence-electron chi connectivity index (χ1n) is 6.48. The van der Waals surface area contributed by atoms with Crippen LogP contribution in [0.15, 0.2) is 16.6 Å². The topological polar surface area (TPSA) is 12.0 Å². The predicted molar refractivity (Wildman–Crippen MR) is 74.6 cm³/mol. The highest BCUT2D eigenvalue weighted by molar-refractivity contribution is 9.10. The maximum atomic E-state index is 13.9. The lowest BCUT2D eigenvalue weighted by Gasteiger charge is -2.19. The zero-order valence-corrected chi connectivity index (χ0v) is 12.5. The minimum absolute atomic E-state index is 0.163. The Labute approximate surface area is 116 Å². The van der Waals surface area contributed by atoms with Gasteiger partial charge >= 0.3 is 0 Å². The second-order valence-electron chi connectivity index (χ2n) is 4.39. The van der Waals surface area contributed by atoms with E-state index in [1.165, 1.54) is 12.1 Å². The quantitative estimate of drug-likeness (QED) is 0.700. The van der Waals surface area contributed by atoms with Crippen LogP contribution in [0.2, 0.25) is 0 Å². The van der Waals surface area contributed by atoms with Crippen molar-refractivity contribution in [2.24, 2.45) is 0 Å². The lowest BCUT2D eigenvalue weighted by atomic mass is 9.99. The fourth-order valence-electron chi connectivity index (χ4n) is 2.08. The molecule has 0 aliphatic heterocycles. The van der Waals surface area contributed by atoms with Crippen molar-refractivity contribution >= 4 is 15.9 Å². The van der Waals surface area contributed by atoms with Crippen LogP contribution >= 0.6 is 15.9 Å². The molecule has 0 heterocycles. The van der Waals surface area contributed by atoms with Crippen molar-refractivity contribution < 1.29 is 8.78 Å². The molecule has 0 aliphatic carbocycles. The summed E-state index contributed by atoms with van der Waals surface area (Å²) in [6, 6.07) is 2.40. The Morgan fingerprint density at radius 1 is 1.17 bits per heavy atom. The van der Waals surface area contributed by atoms with Crippen LogP contribution in [-0.4, -0.2) is 6.54 Å². The van der Waals surface area contributed by atoms with Crippen molar-refractivity contribution in [2.45, 2.75) is 45.6 Å². The van der Waals surface area contributed by atoms with Crippen LogP contribution in [0.3, 0.4) is 0 Å². The van der Waals surface area contributed by atoms with E-state index < -0.39 is 11.6 Å². The second kappa shape index (κ2) is 7.85. The molecule has 18 heavy (non-hydrogen) atoms. The molecule has 1 rings (SSSR count). The lowest BCUT2D eigenvalue weighted by Crippen LogP contribution is -2.23. The minimum Gasteiger partial charge on any atom is -0.310 e. The van der Waals surface area contributed by atoms with Crippen LogP contribution in [0.5, 0.6) is 0 Å². The van der Waals surface area contributed by atoms with Gasteiger partial charge in [-0.15, -0.1) is 0 Å². The van der Waals surface area contributed by atoms with Crippen molar-refractivity contribution in [1.29, 1.82) is 0 Å². The van der Waals surface area contributed by atoms with Crippen LogP contribution in [0.1, 0.15) is 51.1 Å². The molecule has 0 aliphatic rings. The molecule has 1 aromatic rings. The summed E-state index contributed by atoms with van der Waals surface area (Å²) >= 11 is 3.10. The molecule has 0 bridgehead atoms. The summed E-state index contributed by atoms with van der Waals surface area (Å²) in [6.07, 6.45) is 3.92. The third kappa shape index (κ3) is 4.32. The van der Waals surface area contributed by atoms with Gasteiger partial charge in [-0.05, 0) is 25.1 Å². The molecule has 1 nitrogen and oxygen atoms in total. The smallest absolute Gasteiger partial charge is 0.132 e. The van der Waals surface area contributed by atoms with Gasteiger partial charge in [0.05, 0.1) is 0 Å². The summed E-state index contributed by atoms with van der Waals surface area (Å²) in [5, 5.41) is 3.16. The molecular weight excluding hydrogens is 300 g/mol. The first kappa shape index (κ1) is 15.6. The van der Waals surface area contributed by atoms with Crippen LogP contribution in [0.25, 0.3) is 0 Å². The Bertz CT molecular complexity index is 359. The van der Waals surface area contributed by atoms with Gasteiger partial charge in [-0.25, -0.2) is 8.78 Å². The molecule has 1 atom stereocenters. The molecule has 0 saturated carbocycles. The van der Waals surface area contributed by atoms with Crippen molar-refractivity contribution in [3.8, 4) is 0 Å².